The van der Waals surface area contributed by atoms with E-state index < -0.39 is 14.4 Å². The average molecular weight is 299 g/mol. The average Bonchev–Trinajstić information content (AvgIpc) is 2.28. The van der Waals surface area contributed by atoms with Crippen LogP contribution in [-0.2, 0) is 9.22 Å². The highest BCUT2D eigenvalue weighted by Crippen LogP contribution is 2.36. The standard InChI is InChI=1S/C14H25NO4Si/c1-10-7-11(15(13(17)18)8-12(10)16)9-19-20(5,6)14(2,3)4/h7,11H,8-9H2,1-6H3,(H,17,18). The molecule has 20 heavy (non-hydrogen) atoms. The number of nitrogens with zero attached hydrogens (tertiary/aromatic N) is 1. The third-order valence-electron chi connectivity index (χ3n) is 4.26. The number of carbonyl (C=O) groups excluding carboxylic acids is 1. The molecule has 6 heteroatoms. The molecule has 0 bridgehead atoms. The van der Waals surface area contributed by atoms with Crippen LogP contribution in [0.4, 0.5) is 4.79 Å². The van der Waals surface area contributed by atoms with Crippen molar-refractivity contribution in [3.8, 4) is 0 Å². The lowest BCUT2D eigenvalue weighted by Gasteiger charge is -2.39. The van der Waals surface area contributed by atoms with E-state index in [9.17, 15) is 14.7 Å². The van der Waals surface area contributed by atoms with Crippen molar-refractivity contribution in [2.75, 3.05) is 13.2 Å². The highest BCUT2D eigenvalue weighted by Gasteiger charge is 2.39. The van der Waals surface area contributed by atoms with Gasteiger partial charge in [-0.15, -0.1) is 0 Å². The molecule has 1 heterocycles. The predicted molar refractivity (Wildman–Crippen MR) is 80.4 cm³/mol. The molecule has 0 aliphatic carbocycles. The normalized spacial score (nSPS) is 20.9. The number of amides is 1. The van der Waals surface area contributed by atoms with Gasteiger partial charge in [0.05, 0.1) is 19.2 Å². The molecule has 114 valence electrons. The van der Waals surface area contributed by atoms with Crippen LogP contribution in [0.15, 0.2) is 11.6 Å². The number of carboxylic acid groups (broad SMARTS) is 1. The van der Waals surface area contributed by atoms with Gasteiger partial charge in [-0.3, -0.25) is 9.69 Å². The van der Waals surface area contributed by atoms with Gasteiger partial charge in [0.2, 0.25) is 0 Å². The molecule has 1 aliphatic rings. The van der Waals surface area contributed by atoms with Crippen molar-refractivity contribution < 1.29 is 19.1 Å². The highest BCUT2D eigenvalue weighted by molar-refractivity contribution is 6.74. The molecule has 1 rings (SSSR count). The summed E-state index contributed by atoms with van der Waals surface area (Å²) in [7, 11) is -1.93. The van der Waals surface area contributed by atoms with E-state index >= 15 is 0 Å². The highest BCUT2D eigenvalue weighted by atomic mass is 28.4. The molecule has 1 unspecified atom stereocenters. The van der Waals surface area contributed by atoms with Gasteiger partial charge in [-0.05, 0) is 30.6 Å². The van der Waals surface area contributed by atoms with Crippen molar-refractivity contribution in [1.29, 1.82) is 0 Å². The zero-order valence-electron chi connectivity index (χ0n) is 13.2. The quantitative estimate of drug-likeness (QED) is 0.814. The van der Waals surface area contributed by atoms with Crippen molar-refractivity contribution in [2.24, 2.45) is 0 Å². The monoisotopic (exact) mass is 299 g/mol. The minimum atomic E-state index is -1.93. The van der Waals surface area contributed by atoms with E-state index in [0.717, 1.165) is 4.90 Å². The van der Waals surface area contributed by atoms with Crippen LogP contribution in [-0.4, -0.2) is 49.4 Å². The van der Waals surface area contributed by atoms with Crippen molar-refractivity contribution in [3.63, 3.8) is 0 Å². The number of Topliss-reactive ketones (excluding diaryl/α,β-unsaturated/α-hetero) is 1. The lowest BCUT2D eigenvalue weighted by molar-refractivity contribution is -0.117. The van der Waals surface area contributed by atoms with Crippen molar-refractivity contribution >= 4 is 20.2 Å². The molecule has 0 saturated heterocycles. The maximum Gasteiger partial charge on any atom is 0.408 e. The first-order chi connectivity index (χ1) is 8.95. The Morgan fingerprint density at radius 3 is 2.50 bits per heavy atom. The largest absolute Gasteiger partial charge is 0.465 e. The van der Waals surface area contributed by atoms with Gasteiger partial charge in [0.1, 0.15) is 0 Å². The third kappa shape index (κ3) is 3.70. The summed E-state index contributed by atoms with van der Waals surface area (Å²) in [6.07, 6.45) is 0.624. The Morgan fingerprint density at radius 2 is 2.05 bits per heavy atom. The smallest absolute Gasteiger partial charge is 0.408 e. The molecule has 0 spiro atoms. The molecule has 1 amide bonds. The fraction of sp³-hybridized carbons (Fsp3) is 0.714. The fourth-order valence-corrected chi connectivity index (χ4v) is 2.75. The summed E-state index contributed by atoms with van der Waals surface area (Å²) < 4.78 is 6.08. The Labute approximate surface area is 121 Å². The summed E-state index contributed by atoms with van der Waals surface area (Å²) >= 11 is 0. The van der Waals surface area contributed by atoms with E-state index in [-0.39, 0.29) is 23.4 Å². The second-order valence-corrected chi connectivity index (χ2v) is 11.6. The Kier molecular flexibility index (Phi) is 4.81. The first kappa shape index (κ1) is 16.9. The maximum atomic E-state index is 11.6. The number of rotatable bonds is 3. The number of ketones is 1. The molecule has 0 aromatic rings. The van der Waals surface area contributed by atoms with Gasteiger partial charge >= 0.3 is 6.09 Å². The summed E-state index contributed by atoms with van der Waals surface area (Å²) in [5.41, 5.74) is 0.617. The molecule has 0 radical (unpaired) electrons. The summed E-state index contributed by atoms with van der Waals surface area (Å²) in [5, 5.41) is 9.28. The second-order valence-electron chi connectivity index (χ2n) is 6.82. The first-order valence-electron chi connectivity index (χ1n) is 6.81. The molecule has 1 aliphatic heterocycles. The van der Waals surface area contributed by atoms with Gasteiger partial charge in [0.15, 0.2) is 14.1 Å². The SMILES string of the molecule is CC1=CC(CO[Si](C)(C)C(C)(C)C)N(C(=O)O)CC1=O. The van der Waals surface area contributed by atoms with Crippen LogP contribution in [0.25, 0.3) is 0 Å². The van der Waals surface area contributed by atoms with Gasteiger partial charge < -0.3 is 9.53 Å². The number of carbonyl (C=O) groups is 2. The van der Waals surface area contributed by atoms with Crippen LogP contribution in [0, 0.1) is 0 Å². The van der Waals surface area contributed by atoms with Crippen LogP contribution < -0.4 is 0 Å². The molecular formula is C14H25NO4Si. The Hall–Kier alpha value is -1.14. The third-order valence-corrected chi connectivity index (χ3v) is 8.76. The summed E-state index contributed by atoms with van der Waals surface area (Å²) in [5.74, 6) is -0.143. The Balaban J connectivity index is 2.84. The van der Waals surface area contributed by atoms with Crippen LogP contribution in [0.2, 0.25) is 18.1 Å². The van der Waals surface area contributed by atoms with E-state index in [1.807, 2.05) is 0 Å². The Bertz CT molecular complexity index is 437. The number of hydrogen-bond acceptors (Lipinski definition) is 3. The maximum absolute atomic E-state index is 11.6. The van der Waals surface area contributed by atoms with Crippen molar-refractivity contribution in [2.45, 2.75) is 51.9 Å². The molecule has 0 aromatic heterocycles. The van der Waals surface area contributed by atoms with Gasteiger partial charge in [-0.25, -0.2) is 4.79 Å². The fourth-order valence-electron chi connectivity index (χ4n) is 1.73. The van der Waals surface area contributed by atoms with E-state index in [4.69, 9.17) is 4.43 Å². The van der Waals surface area contributed by atoms with Gasteiger partial charge in [-0.2, -0.15) is 0 Å². The molecule has 0 saturated carbocycles. The zero-order chi connectivity index (χ0) is 15.7. The Morgan fingerprint density at radius 1 is 1.50 bits per heavy atom. The van der Waals surface area contributed by atoms with Gasteiger partial charge in [0.25, 0.3) is 0 Å². The summed E-state index contributed by atoms with van der Waals surface area (Å²) in [6.45, 7) is 12.6. The second kappa shape index (κ2) is 5.69. The van der Waals surface area contributed by atoms with Crippen LogP contribution in [0.3, 0.4) is 0 Å². The van der Waals surface area contributed by atoms with Crippen LogP contribution in [0.1, 0.15) is 27.7 Å². The lowest BCUT2D eigenvalue weighted by Crippen LogP contribution is -2.50. The van der Waals surface area contributed by atoms with E-state index in [0.29, 0.717) is 12.2 Å². The summed E-state index contributed by atoms with van der Waals surface area (Å²) in [6, 6.07) is -0.376. The van der Waals surface area contributed by atoms with Gasteiger partial charge in [0, 0.05) is 0 Å². The zero-order valence-corrected chi connectivity index (χ0v) is 14.2. The molecule has 5 nitrogen and oxygen atoms in total. The van der Waals surface area contributed by atoms with Crippen molar-refractivity contribution in [1.82, 2.24) is 4.90 Å². The molecule has 1 atom stereocenters. The first-order valence-corrected chi connectivity index (χ1v) is 9.71. The number of hydrogen-bond donors (Lipinski definition) is 1. The molecular weight excluding hydrogens is 274 g/mol. The molecule has 1 N–H and O–H groups in total. The summed E-state index contributed by atoms with van der Waals surface area (Å²) in [4.78, 5) is 24.0. The van der Waals surface area contributed by atoms with E-state index in [1.54, 1.807) is 13.0 Å². The van der Waals surface area contributed by atoms with Crippen LogP contribution >= 0.6 is 0 Å². The van der Waals surface area contributed by atoms with Crippen LogP contribution in [0.5, 0.6) is 0 Å². The topological polar surface area (TPSA) is 66.8 Å². The van der Waals surface area contributed by atoms with Gasteiger partial charge in [-0.1, -0.05) is 26.8 Å². The van der Waals surface area contributed by atoms with Crippen molar-refractivity contribution in [3.05, 3.63) is 11.6 Å². The predicted octanol–water partition coefficient (Wildman–Crippen LogP) is 2.89. The minimum absolute atomic E-state index is 0.0737. The molecule has 0 aromatic carbocycles. The lowest BCUT2D eigenvalue weighted by atomic mass is 10.0. The minimum Gasteiger partial charge on any atom is -0.465 e. The van der Waals surface area contributed by atoms with E-state index in [2.05, 4.69) is 33.9 Å². The molecule has 0 fully saturated rings. The van der Waals surface area contributed by atoms with E-state index in [1.165, 1.54) is 0 Å².